The lowest BCUT2D eigenvalue weighted by molar-refractivity contribution is -0.123. The van der Waals surface area contributed by atoms with Crippen LogP contribution in [-0.4, -0.2) is 66.9 Å². The molecule has 0 aliphatic rings. The summed E-state index contributed by atoms with van der Waals surface area (Å²) in [7, 11) is -4.62. The standard InChI is InChI=1S/C17H18FN7O3S.C15H17ClFN5O2.C7H10N2O2S.3CH4/c1-9-3-4-10(7-13(9)29(20,26)27)22-17-21-8-11(18)16(25-17)24-14-6-5-12(28-2)15(19)23-14;1-15(2,3)13(23)21-12-9(24-4)5-6-10(20-12)19-11-8(17)7-18-14(16)22-11;1-5-2-3-6(8)4-7(5)12(9,10)11;;;/h3-8H,1-2H3,(H2,20,26,27)(H4,19,21,22,23,24,25);5-7H,1-4H3,(H2,18,19,20,21,22,23);2-4H,8H2,1H3,(H2,9,10,11);3*1H4. The van der Waals surface area contributed by atoms with Gasteiger partial charge >= 0.3 is 0 Å². The van der Waals surface area contributed by atoms with Gasteiger partial charge in [0.15, 0.2) is 46.4 Å². The van der Waals surface area contributed by atoms with E-state index in [1.807, 2.05) is 0 Å². The molecule has 0 fully saturated rings. The molecule has 0 unspecified atom stereocenters. The summed E-state index contributed by atoms with van der Waals surface area (Å²) in [5.41, 5.74) is 12.4. The van der Waals surface area contributed by atoms with E-state index < -0.39 is 37.1 Å². The number of hydrogen-bond acceptors (Lipinski definition) is 18. The molecule has 0 spiro atoms. The first kappa shape index (κ1) is 59.0. The molecule has 0 aliphatic carbocycles. The number of carbonyl (C=O) groups is 1. The number of pyridine rings is 2. The van der Waals surface area contributed by atoms with Gasteiger partial charge in [-0.2, -0.15) is 9.97 Å². The smallest absolute Gasteiger partial charge is 0.238 e. The number of carbonyl (C=O) groups excluding carboxylic acids is 1. The molecule has 4 aromatic heterocycles. The number of aryl methyl sites for hydroxylation is 2. The van der Waals surface area contributed by atoms with Crippen molar-refractivity contribution in [2.75, 3.05) is 47.0 Å². The Morgan fingerprint density at radius 3 is 1.68 bits per heavy atom. The second-order valence-corrected chi connectivity index (χ2v) is 17.8. The molecule has 0 saturated carbocycles. The minimum atomic E-state index is -3.90. The third kappa shape index (κ3) is 16.7. The van der Waals surface area contributed by atoms with Crippen molar-refractivity contribution in [3.63, 3.8) is 0 Å². The van der Waals surface area contributed by atoms with E-state index in [1.165, 1.54) is 26.4 Å². The Balaban J connectivity index is 0.000000536. The van der Waals surface area contributed by atoms with Crippen LogP contribution in [0.2, 0.25) is 5.28 Å². The van der Waals surface area contributed by atoms with Crippen molar-refractivity contribution in [1.29, 1.82) is 0 Å². The van der Waals surface area contributed by atoms with Gasteiger partial charge in [0.05, 0.1) is 36.4 Å². The highest BCUT2D eigenvalue weighted by atomic mass is 35.5. The monoisotopic (exact) mass is 1010 g/mol. The van der Waals surface area contributed by atoms with Crippen LogP contribution in [0.15, 0.2) is 82.8 Å². The van der Waals surface area contributed by atoms with E-state index in [2.05, 4.69) is 51.2 Å². The molecule has 370 valence electrons. The number of nitrogens with zero attached hydrogens (tertiary/aromatic N) is 6. The van der Waals surface area contributed by atoms with Crippen LogP contribution in [0.5, 0.6) is 11.5 Å². The van der Waals surface area contributed by atoms with Crippen molar-refractivity contribution in [3.05, 3.63) is 101 Å². The van der Waals surface area contributed by atoms with Crippen molar-refractivity contribution in [3.8, 4) is 11.5 Å². The number of aromatic nitrogens is 6. The van der Waals surface area contributed by atoms with E-state index >= 15 is 0 Å². The van der Waals surface area contributed by atoms with Crippen LogP contribution in [0.1, 0.15) is 54.2 Å². The van der Waals surface area contributed by atoms with Gasteiger partial charge in [0.25, 0.3) is 0 Å². The van der Waals surface area contributed by atoms with Gasteiger partial charge in [0.1, 0.15) is 11.6 Å². The molecule has 1 amide bonds. The van der Waals surface area contributed by atoms with Crippen molar-refractivity contribution in [2.24, 2.45) is 15.7 Å². The molecular weight excluding hydrogens is 950 g/mol. The molecule has 26 heteroatoms. The number of ether oxygens (including phenoxy) is 2. The Labute approximate surface area is 400 Å². The summed E-state index contributed by atoms with van der Waals surface area (Å²) in [5, 5.41) is 20.9. The Bertz CT molecular complexity index is 2930. The van der Waals surface area contributed by atoms with Gasteiger partial charge in [-0.25, -0.2) is 55.8 Å². The maximum absolute atomic E-state index is 14.1. The van der Waals surface area contributed by atoms with Gasteiger partial charge in [0.2, 0.25) is 37.2 Å². The first-order valence-corrected chi connectivity index (χ1v) is 22.0. The minimum Gasteiger partial charge on any atom is -0.493 e. The summed E-state index contributed by atoms with van der Waals surface area (Å²) in [6, 6.07) is 15.4. The van der Waals surface area contributed by atoms with Gasteiger partial charge < -0.3 is 42.2 Å². The molecule has 6 rings (SSSR count). The summed E-state index contributed by atoms with van der Waals surface area (Å²) >= 11 is 5.65. The predicted molar refractivity (Wildman–Crippen MR) is 263 cm³/mol. The second kappa shape index (κ2) is 24.6. The van der Waals surface area contributed by atoms with Gasteiger partial charge in [-0.1, -0.05) is 55.2 Å². The normalized spacial score (nSPS) is 10.7. The molecule has 0 bridgehead atoms. The Kier molecular flexibility index (Phi) is 21.4. The van der Waals surface area contributed by atoms with E-state index in [1.54, 1.807) is 83.1 Å². The van der Waals surface area contributed by atoms with E-state index in [0.717, 1.165) is 12.4 Å². The number of amides is 1. The maximum atomic E-state index is 14.1. The van der Waals surface area contributed by atoms with Crippen LogP contribution in [-0.2, 0) is 24.8 Å². The van der Waals surface area contributed by atoms with Crippen molar-refractivity contribution < 1.29 is 39.9 Å². The predicted octanol–water partition coefficient (Wildman–Crippen LogP) is 7.58. The van der Waals surface area contributed by atoms with Crippen LogP contribution >= 0.6 is 11.6 Å². The van der Waals surface area contributed by atoms with E-state index in [-0.39, 0.29) is 84.1 Å². The van der Waals surface area contributed by atoms with E-state index in [0.29, 0.717) is 34.0 Å². The molecular formula is C42H57ClF2N14O7S2. The third-order valence-electron chi connectivity index (χ3n) is 8.32. The lowest BCUT2D eigenvalue weighted by atomic mass is 9.96. The number of halogens is 3. The van der Waals surface area contributed by atoms with Crippen LogP contribution in [0.3, 0.4) is 0 Å². The lowest BCUT2D eigenvalue weighted by Crippen LogP contribution is -2.28. The molecule has 2 aromatic carbocycles. The molecule has 6 aromatic rings. The van der Waals surface area contributed by atoms with Gasteiger partial charge in [-0.3, -0.25) is 4.79 Å². The fraction of sp³-hybridized carbons (Fsp3) is 0.262. The maximum Gasteiger partial charge on any atom is 0.238 e. The summed E-state index contributed by atoms with van der Waals surface area (Å²) in [6.07, 6.45) is 1.91. The zero-order valence-corrected chi connectivity index (χ0v) is 38.1. The van der Waals surface area contributed by atoms with Crippen LogP contribution in [0.4, 0.5) is 61.0 Å². The highest BCUT2D eigenvalue weighted by Crippen LogP contribution is 2.29. The first-order valence-electron chi connectivity index (χ1n) is 18.5. The highest BCUT2D eigenvalue weighted by molar-refractivity contribution is 7.89. The minimum absolute atomic E-state index is 0. The third-order valence-corrected chi connectivity index (χ3v) is 10.6. The Morgan fingerprint density at radius 1 is 0.662 bits per heavy atom. The number of nitrogen functional groups attached to an aromatic ring is 2. The number of primary sulfonamides is 2. The van der Waals surface area contributed by atoms with Gasteiger partial charge in [-0.15, -0.1) is 0 Å². The fourth-order valence-electron chi connectivity index (χ4n) is 5.00. The molecule has 0 radical (unpaired) electrons. The average molecular weight is 1010 g/mol. The number of rotatable bonds is 11. The number of sulfonamides is 2. The van der Waals surface area contributed by atoms with Gasteiger partial charge in [0, 0.05) is 16.8 Å². The van der Waals surface area contributed by atoms with Crippen LogP contribution < -0.4 is 52.5 Å². The van der Waals surface area contributed by atoms with Crippen molar-refractivity contribution in [1.82, 2.24) is 29.9 Å². The topological polar surface area (TPSA) is 333 Å². The Hall–Kier alpha value is -7.06. The first-order chi connectivity index (χ1) is 30.3. The molecule has 68 heavy (non-hydrogen) atoms. The number of hydrogen-bond donors (Lipinski definition) is 8. The largest absolute Gasteiger partial charge is 0.493 e. The highest BCUT2D eigenvalue weighted by Gasteiger charge is 2.23. The number of nitrogens with two attached hydrogens (primary N) is 4. The molecule has 0 saturated heterocycles. The SMILES string of the molecule is C.C.C.COc1ccc(Nc2nc(Cl)ncc2F)nc1NC(=O)C(C)(C)C.COc1ccc(Nc2nc(Nc3ccc(C)c(S(N)(=O)=O)c3)ncc2F)nc1N.Cc1ccc(N)cc1S(N)(=O)=O. The zero-order chi connectivity index (χ0) is 48.4. The number of benzene rings is 2. The van der Waals surface area contributed by atoms with Crippen LogP contribution in [0, 0.1) is 30.9 Å². The zero-order valence-electron chi connectivity index (χ0n) is 35.7. The average Bonchev–Trinajstić information content (AvgIpc) is 3.21. The second-order valence-electron chi connectivity index (χ2n) is 14.4. The summed E-state index contributed by atoms with van der Waals surface area (Å²) < 4.78 is 83.2. The fourth-order valence-corrected chi connectivity index (χ4v) is 6.76. The molecule has 21 nitrogen and oxygen atoms in total. The van der Waals surface area contributed by atoms with E-state index in [4.69, 9.17) is 42.8 Å². The summed E-state index contributed by atoms with van der Waals surface area (Å²) in [5.74, 6) is -0.292. The van der Waals surface area contributed by atoms with Crippen molar-refractivity contribution >= 4 is 89.8 Å². The van der Waals surface area contributed by atoms with Crippen molar-refractivity contribution in [2.45, 2.75) is 66.7 Å². The van der Waals surface area contributed by atoms with E-state index in [9.17, 15) is 30.4 Å². The molecule has 4 heterocycles. The lowest BCUT2D eigenvalue weighted by Gasteiger charge is -2.19. The Morgan fingerprint density at radius 2 is 1.16 bits per heavy atom. The number of anilines is 9. The van der Waals surface area contributed by atoms with Crippen LogP contribution in [0.25, 0.3) is 0 Å². The molecule has 0 aliphatic heterocycles. The molecule has 12 N–H and O–H groups in total. The van der Waals surface area contributed by atoms with Gasteiger partial charge in [-0.05, 0) is 85.1 Å². The number of nitrogens with one attached hydrogen (secondary N) is 4. The molecule has 0 atom stereocenters. The summed E-state index contributed by atoms with van der Waals surface area (Å²) in [6.45, 7) is 8.60. The summed E-state index contributed by atoms with van der Waals surface area (Å²) in [4.78, 5) is 35.7. The number of methoxy groups -OCH3 is 2. The quantitative estimate of drug-likeness (QED) is 0.0458.